The van der Waals surface area contributed by atoms with Gasteiger partial charge in [-0.25, -0.2) is 65.9 Å². The summed E-state index contributed by atoms with van der Waals surface area (Å²) < 4.78 is 225. The van der Waals surface area contributed by atoms with Crippen LogP contribution in [0, 0.1) is 174 Å². The minimum atomic E-state index is -5.86. The Morgan fingerprint density at radius 1 is 0.460 bits per heavy atom. The zero-order chi connectivity index (χ0) is 47.6. The summed E-state index contributed by atoms with van der Waals surface area (Å²) in [5, 5.41) is 18.9. The third-order valence-corrected chi connectivity index (χ3v) is 9.34. The van der Waals surface area contributed by atoms with Crippen LogP contribution in [0.5, 0.6) is 0 Å². The van der Waals surface area contributed by atoms with Crippen molar-refractivity contribution in [1.29, 1.82) is 5.26 Å². The van der Waals surface area contributed by atoms with Crippen LogP contribution in [-0.2, 0) is 26.2 Å². The molecule has 6 rings (SSSR count). The zero-order valence-corrected chi connectivity index (χ0v) is 36.9. The van der Waals surface area contributed by atoms with Crippen molar-refractivity contribution in [2.24, 2.45) is 10.8 Å². The summed E-state index contributed by atoms with van der Waals surface area (Å²) in [5.74, 6) is -46.0. The van der Waals surface area contributed by atoms with E-state index in [1.54, 1.807) is 0 Å². The Bertz CT molecular complexity index is 2070. The van der Waals surface area contributed by atoms with E-state index < -0.39 is 143 Å². The van der Waals surface area contributed by atoms with Gasteiger partial charge >= 0.3 is 26.2 Å². The first-order valence-corrected chi connectivity index (χ1v) is 18.0. The van der Waals surface area contributed by atoms with E-state index in [4.69, 9.17) is 5.26 Å². The summed E-state index contributed by atoms with van der Waals surface area (Å²) >= 11 is 0. The maximum absolute atomic E-state index is 15.7. The second-order valence-corrected chi connectivity index (χ2v) is 15.7. The minimum absolute atomic E-state index is 0. The molecule has 2 nitrogen and oxygen atoms in total. The summed E-state index contributed by atoms with van der Waals surface area (Å²) in [6.07, 6.45) is 14.1. The molecule has 3 aromatic carbocycles. The van der Waals surface area contributed by atoms with Crippen molar-refractivity contribution in [1.82, 2.24) is 0 Å². The average molecular weight is 978 g/mol. The molecule has 330 valence electrons. The topological polar surface area (TPSA) is 46.1 Å². The van der Waals surface area contributed by atoms with Crippen LogP contribution in [-0.4, -0.2) is 11.9 Å². The van der Waals surface area contributed by atoms with E-state index in [2.05, 4.69) is 6.07 Å². The number of allylic oxidation sites excluding steroid dienone is 4. The molecular weight excluding hydrogens is 944 g/mol. The van der Waals surface area contributed by atoms with Crippen molar-refractivity contribution in [3.05, 3.63) is 179 Å². The first-order chi connectivity index (χ1) is 28.6. The van der Waals surface area contributed by atoms with Gasteiger partial charge in [-0.2, -0.15) is 16.4 Å². The largest absolute Gasteiger partial charge is 4.00 e. The first kappa shape index (κ1) is 55.3. The van der Waals surface area contributed by atoms with Gasteiger partial charge in [0.2, 0.25) is 0 Å². The van der Waals surface area contributed by atoms with Gasteiger partial charge in [-0.1, -0.05) is 37.5 Å². The van der Waals surface area contributed by atoms with Gasteiger partial charge in [0.1, 0.15) is 41.0 Å². The van der Waals surface area contributed by atoms with Crippen LogP contribution in [0.4, 0.5) is 65.9 Å². The molecule has 0 heterocycles. The number of halogens is 15. The van der Waals surface area contributed by atoms with Crippen LogP contribution in [0.2, 0.25) is 0 Å². The molecule has 0 N–H and O–H groups in total. The minimum Gasteiger partial charge on any atom is -0.807 e. The van der Waals surface area contributed by atoms with E-state index in [0.717, 1.165) is 13.8 Å². The third-order valence-electron chi connectivity index (χ3n) is 9.34. The SMILES string of the molecule is CC(C)(C)C#N.CC1=C([B-](c2c(F)c(F)c(F)c(F)c2F)(c2c(F)c(F)c(F)c(F)c2F)c2c(F)c(F)c(F)c(F)c2F)C/1=C(/C)C(=[N-])C(C)(C)C.[CH]1[CH][CH][CH][CH]1.[CH]1[CH][CH][CH][CH]1.[Zr+4]. The van der Waals surface area contributed by atoms with Gasteiger partial charge in [-0.3, -0.25) is 0 Å². The summed E-state index contributed by atoms with van der Waals surface area (Å²) in [5.41, 5.74) is -13.6. The van der Waals surface area contributed by atoms with E-state index in [0.29, 0.717) is 0 Å². The molecule has 3 aliphatic carbocycles. The van der Waals surface area contributed by atoms with E-state index in [9.17, 15) is 44.9 Å². The molecule has 2 fully saturated rings. The van der Waals surface area contributed by atoms with Crippen LogP contribution in [0.15, 0.2) is 22.2 Å². The van der Waals surface area contributed by atoms with Gasteiger partial charge in [0.05, 0.1) is 6.07 Å². The quantitative estimate of drug-likeness (QED) is 0.0826. The summed E-state index contributed by atoms with van der Waals surface area (Å²) in [6, 6.07) is 2.10. The fourth-order valence-corrected chi connectivity index (χ4v) is 6.52. The van der Waals surface area contributed by atoms with Crippen molar-refractivity contribution in [2.45, 2.75) is 55.4 Å². The van der Waals surface area contributed by atoms with E-state index in [-0.39, 0.29) is 31.6 Å². The van der Waals surface area contributed by atoms with Crippen LogP contribution < -0.4 is 16.4 Å². The number of nitrogens with zero attached hydrogens (tertiary/aromatic N) is 2. The van der Waals surface area contributed by atoms with Crippen LogP contribution in [0.3, 0.4) is 0 Å². The molecule has 0 amide bonds. The average Bonchev–Trinajstić information content (AvgIpc) is 3.72. The Hall–Kier alpha value is -3.80. The molecule has 3 aromatic rings. The number of nitriles is 1. The summed E-state index contributed by atoms with van der Waals surface area (Å²) in [7, 11) is 0. The Morgan fingerprint density at radius 3 is 0.825 bits per heavy atom. The molecule has 0 aliphatic heterocycles. The van der Waals surface area contributed by atoms with Gasteiger partial charge in [-0.05, 0) is 104 Å². The maximum Gasteiger partial charge on any atom is 4.00 e. The normalized spacial score (nSPS) is 15.6. The van der Waals surface area contributed by atoms with Crippen LogP contribution in [0.1, 0.15) is 55.4 Å². The molecule has 0 spiro atoms. The van der Waals surface area contributed by atoms with Crippen LogP contribution >= 0.6 is 0 Å². The molecule has 0 saturated heterocycles. The second-order valence-electron chi connectivity index (χ2n) is 15.7. The van der Waals surface area contributed by atoms with Gasteiger partial charge < -0.3 is 5.41 Å². The Labute approximate surface area is 375 Å². The number of hydrogen-bond donors (Lipinski definition) is 0. The van der Waals surface area contributed by atoms with Gasteiger partial charge in [-0.15, -0.1) is 16.4 Å². The van der Waals surface area contributed by atoms with Gasteiger partial charge in [0.15, 0.2) is 52.4 Å². The Kier molecular flexibility index (Phi) is 18.8. The molecule has 0 aromatic heterocycles. The summed E-state index contributed by atoms with van der Waals surface area (Å²) in [6.45, 7) is 11.4. The molecule has 63 heavy (non-hydrogen) atoms. The molecular formula is C44H34BF15N2Zr+2. The van der Waals surface area contributed by atoms with E-state index >= 15 is 26.3 Å². The smallest absolute Gasteiger partial charge is 0.807 e. The molecule has 19 heteroatoms. The summed E-state index contributed by atoms with van der Waals surface area (Å²) in [4.78, 5) is 0. The standard InChI is InChI=1S/C29H15BF15N.C5H9N.2C5H5.Zr/c1-6-8(7(2)28(46)29(3,4)5)9(6)30(10-13(31)19(37)25(43)20(38)14(10)32,11-15(33)21(39)26(44)22(40)16(11)34)12-17(35)23(41)27(45)24(42)18(12)36;1-5(2,3)4-6;2*1-2-4-5-3-1;/h1-5H3;1-3H3;2*1-5H;/q-2;;;;+4/b8-7-;;;;. The third kappa shape index (κ3) is 11.0. The second kappa shape index (κ2) is 21.5. The van der Waals surface area contributed by atoms with Crippen molar-refractivity contribution in [2.75, 3.05) is 0 Å². The van der Waals surface area contributed by atoms with Crippen molar-refractivity contribution in [3.63, 3.8) is 0 Å². The maximum atomic E-state index is 15.7. The number of hydrogen-bond acceptors (Lipinski definition) is 1. The van der Waals surface area contributed by atoms with E-state index in [1.807, 2.05) is 85.0 Å². The Morgan fingerprint density at radius 2 is 0.651 bits per heavy atom. The molecule has 10 radical (unpaired) electrons. The van der Waals surface area contributed by atoms with Gasteiger partial charge in [0, 0.05) is 5.41 Å². The fourth-order valence-electron chi connectivity index (χ4n) is 6.52. The van der Waals surface area contributed by atoms with E-state index in [1.165, 1.54) is 20.8 Å². The first-order valence-electron chi connectivity index (χ1n) is 18.0. The van der Waals surface area contributed by atoms with Gasteiger partial charge in [0.25, 0.3) is 0 Å². The molecule has 2 saturated carbocycles. The van der Waals surface area contributed by atoms with Crippen LogP contribution in [0.25, 0.3) is 5.41 Å². The molecule has 0 bridgehead atoms. The monoisotopic (exact) mass is 976 g/mol. The van der Waals surface area contributed by atoms with Crippen molar-refractivity contribution >= 4 is 28.2 Å². The molecule has 0 atom stereocenters. The Balaban J connectivity index is 0.000000670. The molecule has 0 unspecified atom stereocenters. The van der Waals surface area contributed by atoms with Crippen molar-refractivity contribution < 1.29 is 92.1 Å². The van der Waals surface area contributed by atoms with Crippen molar-refractivity contribution in [3.8, 4) is 6.07 Å². The molecule has 3 aliphatic rings. The number of rotatable bonds is 5. The predicted molar refractivity (Wildman–Crippen MR) is 205 cm³/mol. The predicted octanol–water partition coefficient (Wildman–Crippen LogP) is 11.1. The number of benzene rings is 3. The zero-order valence-electron chi connectivity index (χ0n) is 34.4. The fraction of sp³-hybridized carbons (Fsp3) is 0.227.